The van der Waals surface area contributed by atoms with Gasteiger partial charge >= 0.3 is 0 Å². The molecule has 0 aromatic heterocycles. The highest BCUT2D eigenvalue weighted by Crippen LogP contribution is 2.40. The zero-order valence-electron chi connectivity index (χ0n) is 18.5. The van der Waals surface area contributed by atoms with Crippen LogP contribution in [0.4, 0.5) is 22.7 Å². The van der Waals surface area contributed by atoms with E-state index in [0.29, 0.717) is 25.1 Å². The van der Waals surface area contributed by atoms with E-state index in [4.69, 9.17) is 4.74 Å². The number of imide groups is 1. The average Bonchev–Trinajstić information content (AvgIpc) is 3.08. The van der Waals surface area contributed by atoms with Gasteiger partial charge in [0.1, 0.15) is 11.4 Å². The van der Waals surface area contributed by atoms with Gasteiger partial charge in [0.2, 0.25) is 11.8 Å². The van der Waals surface area contributed by atoms with E-state index in [1.54, 1.807) is 18.2 Å². The number of nitro benzene ring substituents is 1. The Morgan fingerprint density at radius 2 is 1.70 bits per heavy atom. The van der Waals surface area contributed by atoms with E-state index in [0.717, 1.165) is 29.9 Å². The number of amides is 2. The quantitative estimate of drug-likeness (QED) is 0.182. The molecule has 0 bridgehead atoms. The molecule has 2 amide bonds. The molecule has 33 heavy (non-hydrogen) atoms. The number of fused-ring (bicyclic) bond motifs is 1. The van der Waals surface area contributed by atoms with Gasteiger partial charge in [-0.25, -0.2) is 4.90 Å². The minimum atomic E-state index is -0.517. The number of benzene rings is 2. The van der Waals surface area contributed by atoms with Gasteiger partial charge in [-0.15, -0.1) is 0 Å². The lowest BCUT2D eigenvalue weighted by Crippen LogP contribution is -2.30. The van der Waals surface area contributed by atoms with Crippen molar-refractivity contribution in [3.8, 4) is 5.75 Å². The molecule has 8 heteroatoms. The number of carbonyl (C=O) groups is 2. The predicted molar refractivity (Wildman–Crippen MR) is 126 cm³/mol. The van der Waals surface area contributed by atoms with Crippen LogP contribution in [0.15, 0.2) is 54.6 Å². The largest absolute Gasteiger partial charge is 0.494 e. The Bertz CT molecular complexity index is 1050. The molecule has 2 unspecified atom stereocenters. The van der Waals surface area contributed by atoms with Gasteiger partial charge in [0.25, 0.3) is 5.69 Å². The van der Waals surface area contributed by atoms with Crippen molar-refractivity contribution in [1.29, 1.82) is 0 Å². The predicted octanol–water partition coefficient (Wildman–Crippen LogP) is 5.36. The molecule has 1 heterocycles. The fourth-order valence-corrected chi connectivity index (χ4v) is 4.30. The summed E-state index contributed by atoms with van der Waals surface area (Å²) in [6.45, 7) is 2.79. The van der Waals surface area contributed by atoms with Crippen LogP contribution in [-0.4, -0.2) is 23.3 Å². The number of carbonyl (C=O) groups excluding carboxylic acids is 2. The summed E-state index contributed by atoms with van der Waals surface area (Å²) in [5, 5.41) is 14.8. The molecule has 4 rings (SSSR count). The highest BCUT2D eigenvalue weighted by atomic mass is 16.6. The van der Waals surface area contributed by atoms with Gasteiger partial charge in [0.05, 0.1) is 29.1 Å². The number of rotatable bonds is 9. The maximum Gasteiger partial charge on any atom is 0.294 e. The van der Waals surface area contributed by atoms with Crippen molar-refractivity contribution in [2.75, 3.05) is 16.8 Å². The lowest BCUT2D eigenvalue weighted by Gasteiger charge is -2.16. The smallest absolute Gasteiger partial charge is 0.294 e. The third-order valence-corrected chi connectivity index (χ3v) is 6.09. The Hall–Kier alpha value is -3.68. The average molecular weight is 450 g/mol. The Morgan fingerprint density at radius 3 is 2.30 bits per heavy atom. The van der Waals surface area contributed by atoms with Crippen molar-refractivity contribution in [2.24, 2.45) is 11.8 Å². The van der Waals surface area contributed by atoms with Crippen molar-refractivity contribution < 1.29 is 19.2 Å². The first kappa shape index (κ1) is 22.5. The first-order valence-electron chi connectivity index (χ1n) is 11.3. The van der Waals surface area contributed by atoms with E-state index in [9.17, 15) is 19.7 Å². The summed E-state index contributed by atoms with van der Waals surface area (Å²) >= 11 is 0. The molecule has 2 aromatic carbocycles. The summed E-state index contributed by atoms with van der Waals surface area (Å²) in [5.41, 5.74) is 0.962. The summed E-state index contributed by atoms with van der Waals surface area (Å²) in [6.07, 6.45) is 8.10. The highest BCUT2D eigenvalue weighted by Gasteiger charge is 2.48. The van der Waals surface area contributed by atoms with Crippen LogP contribution in [0.25, 0.3) is 0 Å². The van der Waals surface area contributed by atoms with E-state index in [1.807, 2.05) is 24.3 Å². The normalized spacial score (nSPS) is 19.5. The third kappa shape index (κ3) is 4.74. The monoisotopic (exact) mass is 449 g/mol. The second-order valence-electron chi connectivity index (χ2n) is 8.33. The van der Waals surface area contributed by atoms with E-state index >= 15 is 0 Å². The zero-order valence-corrected chi connectivity index (χ0v) is 18.5. The van der Waals surface area contributed by atoms with Crippen LogP contribution >= 0.6 is 0 Å². The van der Waals surface area contributed by atoms with Gasteiger partial charge in [0.15, 0.2) is 0 Å². The molecule has 172 valence electrons. The Morgan fingerprint density at radius 1 is 1.03 bits per heavy atom. The highest BCUT2D eigenvalue weighted by molar-refractivity contribution is 6.22. The minimum absolute atomic E-state index is 0.207. The van der Waals surface area contributed by atoms with Gasteiger partial charge < -0.3 is 10.1 Å². The molecule has 1 N–H and O–H groups in total. The molecular weight excluding hydrogens is 422 g/mol. The van der Waals surface area contributed by atoms with E-state index < -0.39 is 4.92 Å². The summed E-state index contributed by atoms with van der Waals surface area (Å²) in [4.78, 5) is 38.0. The molecule has 8 nitrogen and oxygen atoms in total. The van der Waals surface area contributed by atoms with Crippen LogP contribution in [0, 0.1) is 22.0 Å². The van der Waals surface area contributed by atoms with E-state index in [2.05, 4.69) is 12.2 Å². The molecule has 0 radical (unpaired) electrons. The van der Waals surface area contributed by atoms with Gasteiger partial charge in [0, 0.05) is 11.8 Å². The van der Waals surface area contributed by atoms with E-state index in [-0.39, 0.29) is 40.7 Å². The molecule has 1 fully saturated rings. The number of unbranched alkanes of at least 4 members (excludes halogenated alkanes) is 2. The maximum absolute atomic E-state index is 12.8. The lowest BCUT2D eigenvalue weighted by molar-refractivity contribution is -0.383. The number of nitrogens with zero attached hydrogens (tertiary/aromatic N) is 2. The van der Waals surface area contributed by atoms with Crippen molar-refractivity contribution in [3.63, 3.8) is 0 Å². The minimum Gasteiger partial charge on any atom is -0.494 e. The molecule has 0 spiro atoms. The lowest BCUT2D eigenvalue weighted by atomic mass is 9.85. The second kappa shape index (κ2) is 9.85. The first-order valence-corrected chi connectivity index (χ1v) is 11.3. The van der Waals surface area contributed by atoms with Gasteiger partial charge in [-0.2, -0.15) is 0 Å². The summed E-state index contributed by atoms with van der Waals surface area (Å²) in [5.74, 6) is -0.620. The molecule has 2 aromatic rings. The molecule has 1 aliphatic heterocycles. The van der Waals surface area contributed by atoms with Crippen molar-refractivity contribution in [1.82, 2.24) is 0 Å². The van der Waals surface area contributed by atoms with Crippen LogP contribution in [-0.2, 0) is 9.59 Å². The standard InChI is InChI=1S/C25H27N3O5/c1-2-3-6-15-33-19-12-9-17(10-13-19)26-22-14-11-18(16-23(22)28(31)32)27-24(29)20-7-4-5-8-21(20)25(27)30/h4-5,9-14,16,20-21,26H,2-3,6-8,15H2,1H3. The summed E-state index contributed by atoms with van der Waals surface area (Å²) in [7, 11) is 0. The molecular formula is C25H27N3O5. The van der Waals surface area contributed by atoms with Crippen LogP contribution in [0.1, 0.15) is 39.0 Å². The zero-order chi connectivity index (χ0) is 23.4. The first-order chi connectivity index (χ1) is 16.0. The number of nitro groups is 1. The SMILES string of the molecule is CCCCCOc1ccc(Nc2ccc(N3C(=O)C4CC=CCC4C3=O)cc2[N+](=O)[O-])cc1. The van der Waals surface area contributed by atoms with Crippen LogP contribution in [0.3, 0.4) is 0 Å². The summed E-state index contributed by atoms with van der Waals surface area (Å²) < 4.78 is 5.70. The second-order valence-corrected chi connectivity index (χ2v) is 8.33. The number of anilines is 3. The number of hydrogen-bond acceptors (Lipinski definition) is 6. The molecule has 2 aliphatic rings. The number of nitrogens with one attached hydrogen (secondary N) is 1. The van der Waals surface area contributed by atoms with Crippen molar-refractivity contribution >= 4 is 34.6 Å². The van der Waals surface area contributed by atoms with E-state index in [1.165, 1.54) is 12.1 Å². The van der Waals surface area contributed by atoms with Gasteiger partial charge in [-0.05, 0) is 55.7 Å². The molecule has 1 aliphatic carbocycles. The number of hydrogen-bond donors (Lipinski definition) is 1. The molecule has 2 atom stereocenters. The van der Waals surface area contributed by atoms with Crippen LogP contribution in [0.2, 0.25) is 0 Å². The Labute approximate surface area is 192 Å². The van der Waals surface area contributed by atoms with Crippen LogP contribution < -0.4 is 15.0 Å². The molecule has 0 saturated carbocycles. The van der Waals surface area contributed by atoms with Crippen molar-refractivity contribution in [3.05, 3.63) is 64.7 Å². The summed E-state index contributed by atoms with van der Waals surface area (Å²) in [6, 6.07) is 11.6. The van der Waals surface area contributed by atoms with Crippen LogP contribution in [0.5, 0.6) is 5.75 Å². The molecule has 1 saturated heterocycles. The third-order valence-electron chi connectivity index (χ3n) is 6.09. The van der Waals surface area contributed by atoms with Crippen molar-refractivity contribution in [2.45, 2.75) is 39.0 Å². The maximum atomic E-state index is 12.8. The fourth-order valence-electron chi connectivity index (χ4n) is 4.30. The Balaban J connectivity index is 1.51. The fraction of sp³-hybridized carbons (Fsp3) is 0.360. The topological polar surface area (TPSA) is 102 Å². The van der Waals surface area contributed by atoms with Gasteiger partial charge in [-0.3, -0.25) is 19.7 Å². The van der Waals surface area contributed by atoms with Gasteiger partial charge in [-0.1, -0.05) is 31.9 Å². The number of allylic oxidation sites excluding steroid dienone is 2. The Kier molecular flexibility index (Phi) is 6.72. The number of ether oxygens (including phenoxy) is 1.